The third kappa shape index (κ3) is 16.6. The van der Waals surface area contributed by atoms with Gasteiger partial charge in [-0.1, -0.05) is 44.9 Å². The van der Waals surface area contributed by atoms with Gasteiger partial charge < -0.3 is 44.7 Å². The minimum atomic E-state index is -0.901. The molecule has 3 aliphatic heterocycles. The van der Waals surface area contributed by atoms with E-state index in [2.05, 4.69) is 64.6 Å². The lowest BCUT2D eigenvalue weighted by Gasteiger charge is -2.40. The van der Waals surface area contributed by atoms with Crippen LogP contribution in [0.1, 0.15) is 50.1 Å². The molecule has 9 aromatic heterocycles. The van der Waals surface area contributed by atoms with E-state index in [1.54, 1.807) is 58.4 Å². The number of aromatic hydroxyl groups is 3. The lowest BCUT2D eigenvalue weighted by atomic mass is 10.1. The van der Waals surface area contributed by atoms with Crippen molar-refractivity contribution in [3.05, 3.63) is 236 Å². The number of carbonyl (C=O) groups excluding carboxylic acids is 3. The van der Waals surface area contributed by atoms with Crippen LogP contribution < -0.4 is 31.8 Å². The number of pyridine rings is 6. The Labute approximate surface area is 707 Å². The molecule has 3 aliphatic rings. The normalized spacial score (nSPS) is 15.4. The van der Waals surface area contributed by atoms with Gasteiger partial charge in [-0.25, -0.2) is 79.3 Å². The van der Waals surface area contributed by atoms with Crippen LogP contribution >= 0.6 is 35.3 Å². The number of piperazine rings is 3. The van der Waals surface area contributed by atoms with Crippen molar-refractivity contribution in [2.45, 2.75) is 81.9 Å². The van der Waals surface area contributed by atoms with E-state index in [0.29, 0.717) is 115 Å². The van der Waals surface area contributed by atoms with E-state index in [9.17, 15) is 57.3 Å². The Hall–Kier alpha value is -13.0. The van der Waals surface area contributed by atoms with Crippen LogP contribution in [0, 0.1) is 48.8 Å². The van der Waals surface area contributed by atoms with Gasteiger partial charge in [-0.2, -0.15) is 26.7 Å². The summed E-state index contributed by atoms with van der Waals surface area (Å²) in [7, 11) is 0. The second-order valence-corrected chi connectivity index (χ2v) is 31.2. The molecule has 12 heterocycles. The number of carbonyl (C=O) groups is 3. The molecule has 0 radical (unpaired) electrons. The highest BCUT2D eigenvalue weighted by Crippen LogP contribution is 2.42. The van der Waals surface area contributed by atoms with Crippen molar-refractivity contribution in [3.8, 4) is 68.1 Å². The Bertz CT molecular complexity index is 6340. The lowest BCUT2D eigenvalue weighted by Crippen LogP contribution is -2.54. The van der Waals surface area contributed by atoms with Gasteiger partial charge in [0, 0.05) is 101 Å². The van der Waals surface area contributed by atoms with E-state index in [1.807, 2.05) is 68.1 Å². The SMILES string of the molecule is C=CC(=O)N1CCN(c2nc(=O)n(-c3c(C)ccnc3CSC)c3nc(-c4c(O)cccc4F)c(F)cc23)[C@@H](C)C1.C=CC(=O)N1CCN(c2nc(=O)n(-c3c(C)ccnc3SC)c3nc(-c4c(O)cccc4F)c(F)cc23)[C@@H](C)C1.C=CC(=O)N1CCN(c2nc(=O)n(-c3c(CC)ccnc3SC)c3nc(-c4c(O)cccc4F)c(F)cc23)[C@@H](C)C1. The van der Waals surface area contributed by atoms with Crippen LogP contribution in [0.15, 0.2) is 172 Å². The van der Waals surface area contributed by atoms with Crippen molar-refractivity contribution >= 4 is 104 Å². The van der Waals surface area contributed by atoms with Crippen LogP contribution in [0.2, 0.25) is 0 Å². The number of aromatic nitrogens is 12. The number of nitrogens with zero attached hydrogens (tertiary/aromatic N) is 18. The monoisotopic (exact) mass is 1720 g/mol. The van der Waals surface area contributed by atoms with Crippen molar-refractivity contribution in [2.75, 3.05) is 92.4 Å². The van der Waals surface area contributed by atoms with E-state index in [-0.39, 0.29) is 86.4 Å². The molecule has 3 aromatic carbocycles. The van der Waals surface area contributed by atoms with Crippen LogP contribution in [-0.2, 0) is 26.6 Å². The van der Waals surface area contributed by atoms with Gasteiger partial charge in [-0.05, 0) is 168 Å². The Morgan fingerprint density at radius 2 is 0.779 bits per heavy atom. The summed E-state index contributed by atoms with van der Waals surface area (Å²) >= 11 is 4.15. The van der Waals surface area contributed by atoms with Gasteiger partial charge in [0.25, 0.3) is 0 Å². The largest absolute Gasteiger partial charge is 0.507 e. The summed E-state index contributed by atoms with van der Waals surface area (Å²) in [6, 6.07) is 18.8. The van der Waals surface area contributed by atoms with Gasteiger partial charge in [0.2, 0.25) is 17.7 Å². The van der Waals surface area contributed by atoms with Gasteiger partial charge in [0.05, 0.1) is 55.6 Å². The number of fused-ring (bicyclic) bond motifs is 3. The fraction of sp³-hybridized carbons (Fsp3) is 0.267. The van der Waals surface area contributed by atoms with Gasteiger partial charge in [-0.3, -0.25) is 19.4 Å². The fourth-order valence-electron chi connectivity index (χ4n) is 15.4. The van der Waals surface area contributed by atoms with Gasteiger partial charge in [0.15, 0.2) is 34.4 Å². The fourth-order valence-corrected chi connectivity index (χ4v) is 17.1. The first-order valence-corrected chi connectivity index (χ1v) is 42.2. The number of amides is 3. The molecular weight excluding hydrogens is 1640 g/mol. The van der Waals surface area contributed by atoms with Gasteiger partial charge >= 0.3 is 17.1 Å². The highest BCUT2D eigenvalue weighted by Gasteiger charge is 2.36. The van der Waals surface area contributed by atoms with E-state index in [0.717, 1.165) is 42.0 Å². The number of rotatable bonds is 17. The summed E-state index contributed by atoms with van der Waals surface area (Å²) in [6.07, 6.45) is 14.7. The molecule has 0 spiro atoms. The second kappa shape index (κ2) is 36.5. The maximum atomic E-state index is 15.8. The number of hydrogen-bond donors (Lipinski definition) is 3. The minimum absolute atomic E-state index is 0.0252. The number of halogens is 6. The minimum Gasteiger partial charge on any atom is -0.507 e. The number of anilines is 3. The zero-order valence-corrected chi connectivity index (χ0v) is 70.0. The van der Waals surface area contributed by atoms with Crippen LogP contribution in [0.25, 0.3) is 83.9 Å². The Balaban J connectivity index is 0.000000158. The number of phenols is 3. The first-order chi connectivity index (χ1) is 58.5. The van der Waals surface area contributed by atoms with E-state index in [4.69, 9.17) is 0 Å². The molecule has 0 bridgehead atoms. The maximum absolute atomic E-state index is 15.8. The smallest absolute Gasteiger partial charge is 0.355 e. The molecule has 3 fully saturated rings. The first kappa shape index (κ1) is 86.9. The highest BCUT2D eigenvalue weighted by molar-refractivity contribution is 7.99. The Kier molecular flexibility index (Phi) is 26.0. The quantitative estimate of drug-likeness (QED) is 0.0433. The molecular formula is C86H82F6N18O9S3. The number of hydrogen-bond acceptors (Lipinski definition) is 24. The molecule has 0 saturated carbocycles. The lowest BCUT2D eigenvalue weighted by molar-refractivity contribution is -0.127. The zero-order valence-electron chi connectivity index (χ0n) is 67.6. The van der Waals surface area contributed by atoms with Crippen molar-refractivity contribution in [2.24, 2.45) is 0 Å². The van der Waals surface area contributed by atoms with Crippen molar-refractivity contribution < 1.29 is 56.0 Å². The molecule has 36 heteroatoms. The average molecular weight is 1720 g/mol. The van der Waals surface area contributed by atoms with Gasteiger partial charge in [0.1, 0.15) is 79.3 Å². The van der Waals surface area contributed by atoms with E-state index >= 15 is 13.2 Å². The molecule has 122 heavy (non-hydrogen) atoms. The summed E-state index contributed by atoms with van der Waals surface area (Å²) in [6.45, 7) is 24.8. The van der Waals surface area contributed by atoms with Crippen LogP contribution in [-0.4, -0.2) is 202 Å². The van der Waals surface area contributed by atoms with Gasteiger partial charge in [-0.15, -0.1) is 23.5 Å². The summed E-state index contributed by atoms with van der Waals surface area (Å²) < 4.78 is 95.7. The molecule has 630 valence electrons. The van der Waals surface area contributed by atoms with E-state index < -0.39 is 103 Å². The predicted molar refractivity (Wildman–Crippen MR) is 460 cm³/mol. The van der Waals surface area contributed by atoms with Crippen LogP contribution in [0.4, 0.5) is 43.8 Å². The van der Waals surface area contributed by atoms with Crippen molar-refractivity contribution in [3.63, 3.8) is 0 Å². The topological polar surface area (TPSA) is 313 Å². The average Bonchev–Trinajstić information content (AvgIpc) is 0.741. The van der Waals surface area contributed by atoms with Crippen molar-refractivity contribution in [1.29, 1.82) is 0 Å². The van der Waals surface area contributed by atoms with Crippen molar-refractivity contribution in [1.82, 2.24) is 73.3 Å². The number of aryl methyl sites for hydroxylation is 3. The molecule has 3 amide bonds. The zero-order chi connectivity index (χ0) is 87.6. The number of benzene rings is 3. The third-order valence-electron chi connectivity index (χ3n) is 21.2. The number of phenolic OH excluding ortho intramolecular Hbond substituents is 3. The Morgan fingerprint density at radius 3 is 1.11 bits per heavy atom. The highest BCUT2D eigenvalue weighted by atomic mass is 32.2. The molecule has 27 nitrogen and oxygen atoms in total. The molecule has 0 unspecified atom stereocenters. The maximum Gasteiger partial charge on any atom is 0.355 e. The first-order valence-electron chi connectivity index (χ1n) is 38.3. The van der Waals surface area contributed by atoms with E-state index in [1.165, 1.54) is 104 Å². The summed E-state index contributed by atoms with van der Waals surface area (Å²) in [4.78, 5) is 128. The molecule has 0 aliphatic carbocycles. The summed E-state index contributed by atoms with van der Waals surface area (Å²) in [5.41, 5.74) is -0.406. The summed E-state index contributed by atoms with van der Waals surface area (Å²) in [5, 5.41) is 33.0. The third-order valence-corrected chi connectivity index (χ3v) is 23.2. The Morgan fingerprint density at radius 1 is 0.451 bits per heavy atom. The molecule has 3 N–H and O–H groups in total. The summed E-state index contributed by atoms with van der Waals surface area (Å²) in [5.74, 6) is -6.33. The second-order valence-electron chi connectivity index (χ2n) is 28.7. The molecule has 12 aromatic rings. The van der Waals surface area contributed by atoms with Crippen LogP contribution in [0.3, 0.4) is 0 Å². The predicted octanol–water partition coefficient (Wildman–Crippen LogP) is 12.6. The molecule has 3 saturated heterocycles. The number of thioether (sulfide) groups is 3. The molecule has 15 rings (SSSR count). The molecule has 3 atom stereocenters. The van der Waals surface area contributed by atoms with Crippen LogP contribution in [0.5, 0.6) is 17.2 Å². The standard InChI is InChI=1S/2C29H28F2N6O3S.C28H26F2N6O3S/c1-5-23(39)35-11-12-36(17(3)14-35)27-18-13-20(31)25(24-19(30)7-6-8-22(24)38)33-28(18)37(29(40)34-27)26-16(2)9-10-32-21(26)15-41-4;1-5-17-10-11-32-28(41-4)25(17)37-27-18(14-20(31)24(33-27)23-19(30)8-7-9-21(23)38)26(34-29(37)40)36-13-12-35(15-16(36)3)22(39)6-2;1-5-21(38)34-11-12-35(16(3)14-34)25-17-13-19(30)23(22-18(29)7-6-8-20(22)37)32-26(17)36(28(39)33-25)24-15(2)9-10-31-27(24)40-4/h5-10,13,17,38H,1,11-12,14-15H2,2-4H3;6-11,14,16,38H,2,5,12-13,15H2,1,3-4H3;5-10,13,16,37H,1,11-12,14H2,2-4H3/t17-;2*16-/m000/s1.